The first-order valence-electron chi connectivity index (χ1n) is 6.43. The first-order valence-corrected chi connectivity index (χ1v) is 6.43. The predicted molar refractivity (Wildman–Crippen MR) is 68.9 cm³/mol. The van der Waals surface area contributed by atoms with Gasteiger partial charge < -0.3 is 10.6 Å². The highest BCUT2D eigenvalue weighted by molar-refractivity contribution is 5.96. The molecule has 1 aliphatic carbocycles. The van der Waals surface area contributed by atoms with Crippen molar-refractivity contribution in [2.24, 2.45) is 5.73 Å². The molecule has 5 heteroatoms. The van der Waals surface area contributed by atoms with Crippen LogP contribution in [0.1, 0.15) is 36.0 Å². The molecule has 0 heterocycles. The van der Waals surface area contributed by atoms with Gasteiger partial charge in [0.15, 0.2) is 0 Å². The summed E-state index contributed by atoms with van der Waals surface area (Å²) < 4.78 is 12.9. The van der Waals surface area contributed by atoms with Crippen LogP contribution in [0.4, 0.5) is 4.39 Å². The summed E-state index contributed by atoms with van der Waals surface area (Å²) in [7, 11) is 0. The Hall–Kier alpha value is -1.91. The van der Waals surface area contributed by atoms with Gasteiger partial charge in [0.25, 0.3) is 5.91 Å². The van der Waals surface area contributed by atoms with E-state index in [1.165, 1.54) is 29.2 Å². The second kappa shape index (κ2) is 5.82. The Bertz CT molecular complexity index is 467. The first kappa shape index (κ1) is 13.5. The minimum Gasteiger partial charge on any atom is -0.368 e. The van der Waals surface area contributed by atoms with Crippen LogP contribution < -0.4 is 5.73 Å². The van der Waals surface area contributed by atoms with Gasteiger partial charge in [0.1, 0.15) is 5.82 Å². The van der Waals surface area contributed by atoms with Gasteiger partial charge >= 0.3 is 0 Å². The topological polar surface area (TPSA) is 63.4 Å². The molecule has 19 heavy (non-hydrogen) atoms. The Balaban J connectivity index is 2.18. The van der Waals surface area contributed by atoms with Crippen LogP contribution in [0.15, 0.2) is 24.3 Å². The first-order chi connectivity index (χ1) is 9.08. The van der Waals surface area contributed by atoms with Gasteiger partial charge in [-0.2, -0.15) is 0 Å². The Morgan fingerprint density at radius 1 is 1.21 bits per heavy atom. The highest BCUT2D eigenvalue weighted by Crippen LogP contribution is 2.24. The van der Waals surface area contributed by atoms with Crippen LogP contribution in [0.5, 0.6) is 0 Å². The van der Waals surface area contributed by atoms with Crippen molar-refractivity contribution in [3.8, 4) is 0 Å². The van der Waals surface area contributed by atoms with Crippen LogP contribution in [0.3, 0.4) is 0 Å². The fourth-order valence-corrected chi connectivity index (χ4v) is 2.51. The zero-order valence-corrected chi connectivity index (χ0v) is 10.6. The molecule has 2 rings (SSSR count). The number of hydrogen-bond acceptors (Lipinski definition) is 2. The number of carbonyl (C=O) groups is 2. The smallest absolute Gasteiger partial charge is 0.254 e. The van der Waals surface area contributed by atoms with Crippen LogP contribution in [-0.4, -0.2) is 29.3 Å². The van der Waals surface area contributed by atoms with E-state index in [9.17, 15) is 14.0 Å². The molecule has 0 radical (unpaired) electrons. The van der Waals surface area contributed by atoms with Crippen LogP contribution in [0, 0.1) is 5.82 Å². The van der Waals surface area contributed by atoms with Gasteiger partial charge in [-0.05, 0) is 37.1 Å². The number of nitrogens with two attached hydrogens (primary N) is 1. The van der Waals surface area contributed by atoms with Crippen molar-refractivity contribution >= 4 is 11.8 Å². The predicted octanol–water partition coefficient (Wildman–Crippen LogP) is 1.70. The van der Waals surface area contributed by atoms with Crippen molar-refractivity contribution in [1.82, 2.24) is 4.90 Å². The summed E-state index contributed by atoms with van der Waals surface area (Å²) in [5, 5.41) is 0. The summed E-state index contributed by atoms with van der Waals surface area (Å²) in [5.41, 5.74) is 5.59. The third-order valence-corrected chi connectivity index (χ3v) is 3.44. The van der Waals surface area contributed by atoms with Gasteiger partial charge in [0, 0.05) is 11.6 Å². The molecule has 1 aromatic rings. The third kappa shape index (κ3) is 3.30. The van der Waals surface area contributed by atoms with Crippen molar-refractivity contribution in [3.63, 3.8) is 0 Å². The molecular weight excluding hydrogens is 247 g/mol. The fourth-order valence-electron chi connectivity index (χ4n) is 2.51. The Morgan fingerprint density at radius 3 is 2.32 bits per heavy atom. The molecule has 2 amide bonds. The zero-order valence-electron chi connectivity index (χ0n) is 10.6. The standard InChI is InChI=1S/C14H17FN2O2/c15-11-7-5-10(6-8-11)14(19)17(9-13(16)18)12-3-1-2-4-12/h5-8,12H,1-4,9H2,(H2,16,18). The molecule has 1 aromatic carbocycles. The summed E-state index contributed by atoms with van der Waals surface area (Å²) in [5.74, 6) is -1.17. The number of carbonyl (C=O) groups excluding carboxylic acids is 2. The Kier molecular flexibility index (Phi) is 4.14. The van der Waals surface area contributed by atoms with Gasteiger partial charge in [-0.15, -0.1) is 0 Å². The molecule has 0 unspecified atom stereocenters. The van der Waals surface area contributed by atoms with E-state index in [0.717, 1.165) is 25.7 Å². The number of amides is 2. The van der Waals surface area contributed by atoms with E-state index < -0.39 is 5.91 Å². The van der Waals surface area contributed by atoms with Crippen molar-refractivity contribution in [3.05, 3.63) is 35.6 Å². The number of halogens is 1. The maximum Gasteiger partial charge on any atom is 0.254 e. The summed E-state index contributed by atoms with van der Waals surface area (Å²) in [4.78, 5) is 25.0. The summed E-state index contributed by atoms with van der Waals surface area (Å²) >= 11 is 0. The number of benzene rings is 1. The van der Waals surface area contributed by atoms with Gasteiger partial charge in [0.2, 0.25) is 5.91 Å². The fraction of sp³-hybridized carbons (Fsp3) is 0.429. The molecule has 0 spiro atoms. The van der Waals surface area contributed by atoms with Crippen LogP contribution in [0.2, 0.25) is 0 Å². The minimum absolute atomic E-state index is 0.0602. The molecule has 1 aliphatic rings. The van der Waals surface area contributed by atoms with Crippen molar-refractivity contribution in [1.29, 1.82) is 0 Å². The second-order valence-electron chi connectivity index (χ2n) is 4.84. The lowest BCUT2D eigenvalue weighted by Crippen LogP contribution is -2.44. The van der Waals surface area contributed by atoms with Crippen molar-refractivity contribution in [2.45, 2.75) is 31.7 Å². The lowest BCUT2D eigenvalue weighted by molar-refractivity contribution is -0.119. The number of nitrogens with zero attached hydrogens (tertiary/aromatic N) is 1. The van der Waals surface area contributed by atoms with E-state index in [0.29, 0.717) is 5.56 Å². The SMILES string of the molecule is NC(=O)CN(C(=O)c1ccc(F)cc1)C1CCCC1. The van der Waals surface area contributed by atoms with E-state index in [1.807, 2.05) is 0 Å². The monoisotopic (exact) mass is 264 g/mol. The normalized spacial score (nSPS) is 15.4. The largest absolute Gasteiger partial charge is 0.368 e. The maximum atomic E-state index is 12.9. The maximum absolute atomic E-state index is 12.9. The van der Waals surface area contributed by atoms with E-state index in [1.54, 1.807) is 0 Å². The summed E-state index contributed by atoms with van der Waals surface area (Å²) in [6, 6.07) is 5.40. The van der Waals surface area contributed by atoms with E-state index >= 15 is 0 Å². The lowest BCUT2D eigenvalue weighted by Gasteiger charge is -2.27. The summed E-state index contributed by atoms with van der Waals surface area (Å²) in [6.45, 7) is -0.0825. The molecule has 0 saturated heterocycles. The van der Waals surface area contributed by atoms with E-state index in [-0.39, 0.29) is 24.3 Å². The number of rotatable bonds is 4. The molecule has 0 atom stereocenters. The molecule has 102 valence electrons. The van der Waals surface area contributed by atoms with Gasteiger partial charge in [0.05, 0.1) is 6.54 Å². The van der Waals surface area contributed by atoms with Crippen LogP contribution in [-0.2, 0) is 4.79 Å². The molecule has 0 aromatic heterocycles. The van der Waals surface area contributed by atoms with Gasteiger partial charge in [-0.25, -0.2) is 4.39 Å². The van der Waals surface area contributed by atoms with Crippen molar-refractivity contribution < 1.29 is 14.0 Å². The molecule has 1 fully saturated rings. The lowest BCUT2D eigenvalue weighted by atomic mass is 10.1. The van der Waals surface area contributed by atoms with Crippen LogP contribution >= 0.6 is 0 Å². The molecule has 4 nitrogen and oxygen atoms in total. The third-order valence-electron chi connectivity index (χ3n) is 3.44. The molecule has 1 saturated carbocycles. The molecule has 0 bridgehead atoms. The molecule has 0 aliphatic heterocycles. The number of hydrogen-bond donors (Lipinski definition) is 1. The highest BCUT2D eigenvalue weighted by Gasteiger charge is 2.28. The average Bonchev–Trinajstić information content (AvgIpc) is 2.89. The van der Waals surface area contributed by atoms with E-state index in [4.69, 9.17) is 5.73 Å². The van der Waals surface area contributed by atoms with Crippen molar-refractivity contribution in [2.75, 3.05) is 6.54 Å². The van der Waals surface area contributed by atoms with E-state index in [2.05, 4.69) is 0 Å². The minimum atomic E-state index is -0.526. The summed E-state index contributed by atoms with van der Waals surface area (Å²) in [6.07, 6.45) is 3.88. The zero-order chi connectivity index (χ0) is 13.8. The van der Waals surface area contributed by atoms with Crippen LogP contribution in [0.25, 0.3) is 0 Å². The Morgan fingerprint density at radius 2 is 1.79 bits per heavy atom. The van der Waals surface area contributed by atoms with Gasteiger partial charge in [-0.3, -0.25) is 9.59 Å². The van der Waals surface area contributed by atoms with Gasteiger partial charge in [-0.1, -0.05) is 12.8 Å². The highest BCUT2D eigenvalue weighted by atomic mass is 19.1. The average molecular weight is 264 g/mol. The second-order valence-corrected chi connectivity index (χ2v) is 4.84. The molecule has 2 N–H and O–H groups in total. The Labute approximate surface area is 111 Å². The quantitative estimate of drug-likeness (QED) is 0.899. The number of primary amides is 1. The molecular formula is C14H17FN2O2.